The third kappa shape index (κ3) is 3.70. The first-order valence-electron chi connectivity index (χ1n) is 7.13. The van der Waals surface area contributed by atoms with Crippen molar-refractivity contribution in [2.45, 2.75) is 64.5 Å². The molecule has 1 heterocycles. The van der Waals surface area contributed by atoms with Gasteiger partial charge in [0.1, 0.15) is 0 Å². The summed E-state index contributed by atoms with van der Waals surface area (Å²) in [7, 11) is 0. The highest BCUT2D eigenvalue weighted by molar-refractivity contribution is 5.19. The Hall–Kier alpha value is -1.10. The van der Waals surface area contributed by atoms with E-state index in [1.165, 1.54) is 38.5 Å². The maximum Gasteiger partial charge on any atom is 0.315 e. The van der Waals surface area contributed by atoms with E-state index in [9.17, 15) is 0 Å². The van der Waals surface area contributed by atoms with E-state index in [1.54, 1.807) is 0 Å². The summed E-state index contributed by atoms with van der Waals surface area (Å²) in [5.41, 5.74) is 0. The average Bonchev–Trinajstić information content (AvgIpc) is 2.67. The van der Waals surface area contributed by atoms with Crippen LogP contribution >= 0.6 is 0 Å². The van der Waals surface area contributed by atoms with Crippen molar-refractivity contribution >= 4 is 6.01 Å². The van der Waals surface area contributed by atoms with E-state index in [4.69, 9.17) is 4.42 Å². The molecule has 1 fully saturated rings. The molecule has 1 aliphatic rings. The molecule has 1 saturated carbocycles. The van der Waals surface area contributed by atoms with Crippen molar-refractivity contribution in [3.8, 4) is 0 Å². The van der Waals surface area contributed by atoms with Gasteiger partial charge in [0.05, 0.1) is 6.04 Å². The highest BCUT2D eigenvalue weighted by atomic mass is 16.4. The minimum atomic E-state index is 0.118. The predicted molar refractivity (Wildman–Crippen MR) is 71.5 cm³/mol. The van der Waals surface area contributed by atoms with Crippen LogP contribution in [-0.4, -0.2) is 22.8 Å². The predicted octanol–water partition coefficient (Wildman–Crippen LogP) is 2.87. The molecule has 1 atom stereocenters. The van der Waals surface area contributed by atoms with Crippen molar-refractivity contribution in [1.29, 1.82) is 0 Å². The van der Waals surface area contributed by atoms with Gasteiger partial charge in [0, 0.05) is 6.04 Å². The second-order valence-electron chi connectivity index (χ2n) is 5.06. The van der Waals surface area contributed by atoms with E-state index < -0.39 is 0 Å². The zero-order chi connectivity index (χ0) is 12.8. The molecule has 2 rings (SSSR count). The summed E-state index contributed by atoms with van der Waals surface area (Å²) in [5, 5.41) is 14.8. The molecule has 0 saturated heterocycles. The highest BCUT2D eigenvalue weighted by Crippen LogP contribution is 2.21. The normalized spacial score (nSPS) is 19.4. The lowest BCUT2D eigenvalue weighted by atomic mass is 10.1. The first kappa shape index (κ1) is 13.3. The summed E-state index contributed by atoms with van der Waals surface area (Å²) < 4.78 is 5.65. The van der Waals surface area contributed by atoms with Crippen LogP contribution < -0.4 is 10.6 Å². The lowest BCUT2D eigenvalue weighted by Crippen LogP contribution is -2.18. The van der Waals surface area contributed by atoms with Crippen LogP contribution in [0.15, 0.2) is 4.42 Å². The second-order valence-corrected chi connectivity index (χ2v) is 5.06. The number of hydrogen-bond donors (Lipinski definition) is 2. The molecule has 0 bridgehead atoms. The summed E-state index contributed by atoms with van der Waals surface area (Å²) in [4.78, 5) is 0. The number of rotatable bonds is 5. The van der Waals surface area contributed by atoms with Crippen LogP contribution in [0.3, 0.4) is 0 Å². The van der Waals surface area contributed by atoms with E-state index in [0.717, 1.165) is 6.54 Å². The van der Waals surface area contributed by atoms with Crippen LogP contribution in [0, 0.1) is 0 Å². The second kappa shape index (κ2) is 6.73. The molecule has 1 aromatic heterocycles. The minimum Gasteiger partial charge on any atom is -0.406 e. The van der Waals surface area contributed by atoms with Gasteiger partial charge in [-0.3, -0.25) is 0 Å². The maximum absolute atomic E-state index is 5.65. The molecule has 1 unspecified atom stereocenters. The Kier molecular flexibility index (Phi) is 4.99. The molecule has 0 aromatic carbocycles. The lowest BCUT2D eigenvalue weighted by Gasteiger charge is -2.13. The van der Waals surface area contributed by atoms with Crippen molar-refractivity contribution < 1.29 is 4.42 Å². The zero-order valence-electron chi connectivity index (χ0n) is 11.4. The van der Waals surface area contributed by atoms with Crippen LogP contribution in [0.2, 0.25) is 0 Å². The fraction of sp³-hybridized carbons (Fsp3) is 0.846. The van der Waals surface area contributed by atoms with Gasteiger partial charge in [0.15, 0.2) is 0 Å². The summed E-state index contributed by atoms with van der Waals surface area (Å²) in [6, 6.07) is 1.18. The molecule has 102 valence electrons. The fourth-order valence-electron chi connectivity index (χ4n) is 2.46. The highest BCUT2D eigenvalue weighted by Gasteiger charge is 2.17. The van der Waals surface area contributed by atoms with Crippen molar-refractivity contribution in [2.24, 2.45) is 0 Å². The molecule has 1 aliphatic carbocycles. The molecule has 5 heteroatoms. The van der Waals surface area contributed by atoms with E-state index in [2.05, 4.69) is 27.8 Å². The van der Waals surface area contributed by atoms with Gasteiger partial charge >= 0.3 is 6.01 Å². The van der Waals surface area contributed by atoms with Crippen LogP contribution in [0.25, 0.3) is 0 Å². The van der Waals surface area contributed by atoms with Crippen molar-refractivity contribution in [3.63, 3.8) is 0 Å². The Morgan fingerprint density at radius 2 is 1.94 bits per heavy atom. The standard InChI is InChI=1S/C13H24N4O/c1-3-14-10(2)12-16-17-13(18-12)15-11-8-6-4-5-7-9-11/h10-11,14H,3-9H2,1-2H3,(H,15,17). The number of anilines is 1. The van der Waals surface area contributed by atoms with Crippen LogP contribution in [0.4, 0.5) is 6.01 Å². The zero-order valence-corrected chi connectivity index (χ0v) is 11.4. The van der Waals surface area contributed by atoms with Crippen LogP contribution in [-0.2, 0) is 0 Å². The topological polar surface area (TPSA) is 63.0 Å². The number of hydrogen-bond acceptors (Lipinski definition) is 5. The van der Waals surface area contributed by atoms with Gasteiger partial charge in [-0.1, -0.05) is 37.7 Å². The van der Waals surface area contributed by atoms with Gasteiger partial charge in [0.2, 0.25) is 5.89 Å². The Morgan fingerprint density at radius 3 is 2.61 bits per heavy atom. The summed E-state index contributed by atoms with van der Waals surface area (Å²) in [6.45, 7) is 5.00. The molecule has 0 radical (unpaired) electrons. The molecule has 0 amide bonds. The minimum absolute atomic E-state index is 0.118. The first-order valence-corrected chi connectivity index (χ1v) is 7.13. The molecule has 2 N–H and O–H groups in total. The Balaban J connectivity index is 1.89. The number of nitrogens with one attached hydrogen (secondary N) is 2. The van der Waals surface area contributed by atoms with Crippen molar-refractivity contribution in [1.82, 2.24) is 15.5 Å². The maximum atomic E-state index is 5.65. The lowest BCUT2D eigenvalue weighted by molar-refractivity contribution is 0.424. The van der Waals surface area contributed by atoms with Crippen LogP contribution in [0.1, 0.15) is 64.3 Å². The fourth-order valence-corrected chi connectivity index (χ4v) is 2.46. The quantitative estimate of drug-likeness (QED) is 0.789. The van der Waals surface area contributed by atoms with Gasteiger partial charge in [-0.05, 0) is 26.3 Å². The number of aromatic nitrogens is 2. The Morgan fingerprint density at radius 1 is 1.22 bits per heavy atom. The van der Waals surface area contributed by atoms with E-state index in [-0.39, 0.29) is 6.04 Å². The van der Waals surface area contributed by atoms with Gasteiger partial charge in [0.25, 0.3) is 0 Å². The number of nitrogens with zero attached hydrogens (tertiary/aromatic N) is 2. The third-order valence-corrected chi connectivity index (χ3v) is 3.50. The summed E-state index contributed by atoms with van der Waals surface area (Å²) in [6.07, 6.45) is 7.72. The largest absolute Gasteiger partial charge is 0.406 e. The van der Waals surface area contributed by atoms with E-state index in [0.29, 0.717) is 17.9 Å². The molecule has 1 aromatic rings. The van der Waals surface area contributed by atoms with E-state index >= 15 is 0 Å². The third-order valence-electron chi connectivity index (χ3n) is 3.50. The molecule has 0 spiro atoms. The van der Waals surface area contributed by atoms with Crippen molar-refractivity contribution in [3.05, 3.63) is 5.89 Å². The van der Waals surface area contributed by atoms with E-state index in [1.807, 2.05) is 6.92 Å². The Bertz CT molecular complexity index is 345. The average molecular weight is 252 g/mol. The van der Waals surface area contributed by atoms with Crippen molar-refractivity contribution in [2.75, 3.05) is 11.9 Å². The summed E-state index contributed by atoms with van der Waals surface area (Å²) in [5.74, 6) is 0.660. The monoisotopic (exact) mass is 252 g/mol. The molecular weight excluding hydrogens is 228 g/mol. The summed E-state index contributed by atoms with van der Waals surface area (Å²) >= 11 is 0. The molecule has 5 nitrogen and oxygen atoms in total. The van der Waals surface area contributed by atoms with Crippen LogP contribution in [0.5, 0.6) is 0 Å². The Labute approximate surface area is 109 Å². The first-order chi connectivity index (χ1) is 8.79. The molecular formula is C13H24N4O. The van der Waals surface area contributed by atoms with Gasteiger partial charge in [-0.25, -0.2) is 0 Å². The molecule has 0 aliphatic heterocycles. The van der Waals surface area contributed by atoms with Gasteiger partial charge in [-0.2, -0.15) is 0 Å². The van der Waals surface area contributed by atoms with Gasteiger partial charge < -0.3 is 15.1 Å². The smallest absolute Gasteiger partial charge is 0.315 e. The SMILES string of the molecule is CCNC(C)c1nnc(NC2CCCCCC2)o1. The molecule has 18 heavy (non-hydrogen) atoms. The van der Waals surface area contributed by atoms with Gasteiger partial charge in [-0.15, -0.1) is 5.10 Å².